The highest BCUT2D eigenvalue weighted by molar-refractivity contribution is 9.10. The fraction of sp³-hybridized carbons (Fsp3) is 0.133. The topological polar surface area (TPSA) is 64.3 Å². The molecule has 0 aliphatic carbocycles. The van der Waals surface area contributed by atoms with Crippen LogP contribution in [0.1, 0.15) is 5.56 Å². The first-order chi connectivity index (χ1) is 9.99. The second-order valence-electron chi connectivity index (χ2n) is 4.43. The molecule has 0 aromatic heterocycles. The van der Waals surface area contributed by atoms with Crippen LogP contribution < -0.4 is 15.8 Å². The molecule has 1 amide bonds. The number of carbonyl (C=O) groups excluding carboxylic acids is 1. The molecule has 0 unspecified atom stereocenters. The van der Waals surface area contributed by atoms with Crippen molar-refractivity contribution in [3.05, 3.63) is 51.5 Å². The average molecular weight is 370 g/mol. The van der Waals surface area contributed by atoms with Gasteiger partial charge >= 0.3 is 0 Å². The highest BCUT2D eigenvalue weighted by Crippen LogP contribution is 2.35. The largest absolute Gasteiger partial charge is 0.455 e. The summed E-state index contributed by atoms with van der Waals surface area (Å²) in [5.41, 5.74) is 6.94. The molecule has 0 atom stereocenters. The minimum Gasteiger partial charge on any atom is -0.455 e. The molecular formula is C15H14BrClN2O2. The molecule has 0 aliphatic rings. The minimum absolute atomic E-state index is 0.0772. The maximum Gasteiger partial charge on any atom is 0.238 e. The van der Waals surface area contributed by atoms with Crippen LogP contribution in [0.15, 0.2) is 40.9 Å². The molecular weight excluding hydrogens is 356 g/mol. The van der Waals surface area contributed by atoms with Crippen molar-refractivity contribution in [3.8, 4) is 11.5 Å². The number of anilines is 1. The van der Waals surface area contributed by atoms with Gasteiger partial charge in [0.2, 0.25) is 5.91 Å². The van der Waals surface area contributed by atoms with E-state index in [2.05, 4.69) is 21.2 Å². The summed E-state index contributed by atoms with van der Waals surface area (Å²) >= 11 is 9.61. The SMILES string of the molecule is Cc1ccc(Oc2ccc(NC(=O)CN)cc2Cl)c(Br)c1. The third-order valence-corrected chi connectivity index (χ3v) is 3.62. The number of hydrogen-bond donors (Lipinski definition) is 2. The monoisotopic (exact) mass is 368 g/mol. The fourth-order valence-corrected chi connectivity index (χ4v) is 2.47. The molecule has 0 fully saturated rings. The van der Waals surface area contributed by atoms with Gasteiger partial charge in [-0.05, 0) is 58.7 Å². The van der Waals surface area contributed by atoms with Crippen LogP contribution in [-0.4, -0.2) is 12.5 Å². The summed E-state index contributed by atoms with van der Waals surface area (Å²) in [4.78, 5) is 11.2. The number of ether oxygens (including phenoxy) is 1. The van der Waals surface area contributed by atoms with Crippen molar-refractivity contribution in [2.45, 2.75) is 6.92 Å². The Kier molecular flexibility index (Phi) is 5.22. The number of hydrogen-bond acceptors (Lipinski definition) is 3. The van der Waals surface area contributed by atoms with Crippen molar-refractivity contribution in [1.29, 1.82) is 0 Å². The zero-order chi connectivity index (χ0) is 15.4. The zero-order valence-electron chi connectivity index (χ0n) is 11.3. The molecule has 4 nitrogen and oxygen atoms in total. The van der Waals surface area contributed by atoms with Crippen molar-refractivity contribution >= 4 is 39.1 Å². The van der Waals surface area contributed by atoms with Crippen molar-refractivity contribution in [1.82, 2.24) is 0 Å². The van der Waals surface area contributed by atoms with Crippen LogP contribution in [0.25, 0.3) is 0 Å². The first-order valence-electron chi connectivity index (χ1n) is 6.23. The van der Waals surface area contributed by atoms with Crippen molar-refractivity contribution in [3.63, 3.8) is 0 Å². The highest BCUT2D eigenvalue weighted by Gasteiger charge is 2.08. The Hall–Kier alpha value is -1.56. The van der Waals surface area contributed by atoms with Crippen LogP contribution >= 0.6 is 27.5 Å². The maximum absolute atomic E-state index is 11.2. The normalized spacial score (nSPS) is 10.3. The molecule has 2 aromatic carbocycles. The van der Waals surface area contributed by atoms with E-state index in [0.717, 1.165) is 10.0 Å². The van der Waals surface area contributed by atoms with Crippen molar-refractivity contribution in [2.75, 3.05) is 11.9 Å². The van der Waals surface area contributed by atoms with E-state index in [4.69, 9.17) is 22.1 Å². The van der Waals surface area contributed by atoms with E-state index in [1.807, 2.05) is 25.1 Å². The Morgan fingerprint density at radius 3 is 2.62 bits per heavy atom. The van der Waals surface area contributed by atoms with E-state index in [1.165, 1.54) is 0 Å². The number of nitrogens with two attached hydrogens (primary N) is 1. The third-order valence-electron chi connectivity index (χ3n) is 2.71. The first-order valence-corrected chi connectivity index (χ1v) is 7.40. The first kappa shape index (κ1) is 15.8. The van der Waals surface area contributed by atoms with E-state index in [1.54, 1.807) is 18.2 Å². The van der Waals surface area contributed by atoms with Gasteiger partial charge in [-0.2, -0.15) is 0 Å². The quantitative estimate of drug-likeness (QED) is 0.853. The lowest BCUT2D eigenvalue weighted by Gasteiger charge is -2.11. The summed E-state index contributed by atoms with van der Waals surface area (Å²) in [5, 5.41) is 3.03. The van der Waals surface area contributed by atoms with Crippen molar-refractivity contribution in [2.24, 2.45) is 5.73 Å². The lowest BCUT2D eigenvalue weighted by Crippen LogP contribution is -2.21. The van der Waals surface area contributed by atoms with Gasteiger partial charge in [-0.1, -0.05) is 17.7 Å². The summed E-state index contributed by atoms with van der Waals surface area (Å²) < 4.78 is 6.61. The van der Waals surface area contributed by atoms with Gasteiger partial charge in [-0.25, -0.2) is 0 Å². The summed E-state index contributed by atoms with van der Waals surface area (Å²) in [7, 11) is 0. The predicted octanol–water partition coefficient (Wildman–Crippen LogP) is 4.10. The highest BCUT2D eigenvalue weighted by atomic mass is 79.9. The van der Waals surface area contributed by atoms with Crippen LogP contribution in [0.2, 0.25) is 5.02 Å². The Morgan fingerprint density at radius 1 is 1.29 bits per heavy atom. The summed E-state index contributed by atoms with van der Waals surface area (Å²) in [6, 6.07) is 10.8. The van der Waals surface area contributed by atoms with Crippen molar-refractivity contribution < 1.29 is 9.53 Å². The third kappa shape index (κ3) is 4.20. The maximum atomic E-state index is 11.2. The molecule has 2 rings (SSSR count). The smallest absolute Gasteiger partial charge is 0.238 e. The fourth-order valence-electron chi connectivity index (χ4n) is 1.68. The van der Waals surface area contributed by atoms with E-state index in [0.29, 0.717) is 22.2 Å². The number of nitrogens with one attached hydrogen (secondary N) is 1. The number of benzene rings is 2. The molecule has 6 heteroatoms. The molecule has 0 radical (unpaired) electrons. The number of halogens is 2. The van der Waals surface area contributed by atoms with Gasteiger partial charge in [0.1, 0.15) is 11.5 Å². The standard InChI is InChI=1S/C15H14BrClN2O2/c1-9-2-4-13(11(16)6-9)21-14-5-3-10(7-12(14)17)19-15(20)8-18/h2-7H,8,18H2,1H3,(H,19,20). The molecule has 2 aromatic rings. The number of aryl methyl sites for hydroxylation is 1. The molecule has 0 saturated carbocycles. The van der Waals surface area contributed by atoms with Crippen LogP contribution in [0.4, 0.5) is 5.69 Å². The molecule has 0 aliphatic heterocycles. The number of carbonyl (C=O) groups is 1. The van der Waals surface area contributed by atoms with E-state index >= 15 is 0 Å². The lowest BCUT2D eigenvalue weighted by molar-refractivity contribution is -0.114. The van der Waals surface area contributed by atoms with Gasteiger partial charge in [0.15, 0.2) is 0 Å². The van der Waals surface area contributed by atoms with Crippen LogP contribution in [0, 0.1) is 6.92 Å². The predicted molar refractivity (Wildman–Crippen MR) is 88.1 cm³/mol. The van der Waals surface area contributed by atoms with Gasteiger partial charge in [-0.3, -0.25) is 4.79 Å². The molecule has 110 valence electrons. The summed E-state index contributed by atoms with van der Waals surface area (Å²) in [5.74, 6) is 0.897. The molecule has 0 saturated heterocycles. The van der Waals surface area contributed by atoms with Crippen LogP contribution in [-0.2, 0) is 4.79 Å². The molecule has 0 bridgehead atoms. The van der Waals surface area contributed by atoms with Crippen LogP contribution in [0.3, 0.4) is 0 Å². The Morgan fingerprint density at radius 2 is 2.00 bits per heavy atom. The van der Waals surface area contributed by atoms with Gasteiger partial charge < -0.3 is 15.8 Å². The summed E-state index contributed by atoms with van der Waals surface area (Å²) in [6.45, 7) is 1.92. The minimum atomic E-state index is -0.277. The van der Waals surface area contributed by atoms with Crippen LogP contribution in [0.5, 0.6) is 11.5 Å². The lowest BCUT2D eigenvalue weighted by atomic mass is 10.2. The molecule has 0 heterocycles. The van der Waals surface area contributed by atoms with E-state index in [9.17, 15) is 4.79 Å². The van der Waals surface area contributed by atoms with E-state index < -0.39 is 0 Å². The van der Waals surface area contributed by atoms with Gasteiger partial charge in [-0.15, -0.1) is 0 Å². The summed E-state index contributed by atoms with van der Waals surface area (Å²) in [6.07, 6.45) is 0. The molecule has 0 spiro atoms. The van der Waals surface area contributed by atoms with Gasteiger partial charge in [0.25, 0.3) is 0 Å². The number of rotatable bonds is 4. The average Bonchev–Trinajstić information content (AvgIpc) is 2.44. The number of amides is 1. The van der Waals surface area contributed by atoms with Gasteiger partial charge in [0.05, 0.1) is 16.0 Å². The Balaban J connectivity index is 2.19. The molecule has 3 N–H and O–H groups in total. The van der Waals surface area contributed by atoms with E-state index in [-0.39, 0.29) is 12.5 Å². The zero-order valence-corrected chi connectivity index (χ0v) is 13.7. The Labute approximate surface area is 136 Å². The van der Waals surface area contributed by atoms with Gasteiger partial charge in [0, 0.05) is 5.69 Å². The second kappa shape index (κ2) is 6.93. The second-order valence-corrected chi connectivity index (χ2v) is 5.69. The molecule has 21 heavy (non-hydrogen) atoms. The Bertz CT molecular complexity index is 677.